The summed E-state index contributed by atoms with van der Waals surface area (Å²) in [7, 11) is 0. The van der Waals surface area contributed by atoms with Crippen molar-refractivity contribution in [3.05, 3.63) is 0 Å². The first-order valence-electron chi connectivity index (χ1n) is 6.25. The molecule has 1 aliphatic carbocycles. The zero-order valence-electron chi connectivity index (χ0n) is 9.78. The summed E-state index contributed by atoms with van der Waals surface area (Å²) in [5.74, 6) is 1.65. The van der Waals surface area contributed by atoms with Crippen molar-refractivity contribution < 1.29 is 5.21 Å². The van der Waals surface area contributed by atoms with Gasteiger partial charge in [-0.05, 0) is 31.6 Å². The first-order chi connectivity index (χ1) is 7.27. The van der Waals surface area contributed by atoms with Crippen LogP contribution in [0.1, 0.15) is 58.3 Å². The van der Waals surface area contributed by atoms with Crippen LogP contribution in [0.15, 0.2) is 5.16 Å². The number of oxime groups is 1. The smallest absolute Gasteiger partial charge is 0.142 e. The fourth-order valence-corrected chi connectivity index (χ4v) is 2.51. The van der Waals surface area contributed by atoms with Crippen LogP contribution in [0.5, 0.6) is 0 Å². The summed E-state index contributed by atoms with van der Waals surface area (Å²) in [5.41, 5.74) is 5.61. The van der Waals surface area contributed by atoms with Gasteiger partial charge in [-0.25, -0.2) is 0 Å². The second-order valence-corrected chi connectivity index (χ2v) is 4.74. The molecule has 0 atom stereocenters. The fourth-order valence-electron chi connectivity index (χ4n) is 2.51. The second kappa shape index (κ2) is 6.70. The Kier molecular flexibility index (Phi) is 5.51. The summed E-state index contributed by atoms with van der Waals surface area (Å²) in [6.45, 7) is 2.25. The van der Waals surface area contributed by atoms with Gasteiger partial charge in [0.2, 0.25) is 0 Å². The molecule has 88 valence electrons. The van der Waals surface area contributed by atoms with Crippen molar-refractivity contribution in [2.24, 2.45) is 22.7 Å². The van der Waals surface area contributed by atoms with Crippen LogP contribution < -0.4 is 5.73 Å². The Morgan fingerprint density at radius 2 is 1.93 bits per heavy atom. The maximum absolute atomic E-state index is 8.59. The van der Waals surface area contributed by atoms with E-state index < -0.39 is 0 Å². The maximum atomic E-state index is 8.59. The standard InChI is InChI=1S/C12H24N2O/c1-2-3-4-5-10-6-8-11(9-7-10)12(13)14-15/h10-11,15H,2-9H2,1H3,(H2,13,14)/t10-,11+. The number of amidine groups is 1. The van der Waals surface area contributed by atoms with E-state index in [0.29, 0.717) is 11.8 Å². The molecular weight excluding hydrogens is 188 g/mol. The highest BCUT2D eigenvalue weighted by atomic mass is 16.4. The number of hydrogen-bond donors (Lipinski definition) is 2. The zero-order chi connectivity index (χ0) is 11.1. The summed E-state index contributed by atoms with van der Waals surface area (Å²) >= 11 is 0. The Morgan fingerprint density at radius 3 is 2.47 bits per heavy atom. The van der Waals surface area contributed by atoms with E-state index >= 15 is 0 Å². The van der Waals surface area contributed by atoms with Crippen LogP contribution in [-0.4, -0.2) is 11.0 Å². The normalized spacial score (nSPS) is 27.9. The summed E-state index contributed by atoms with van der Waals surface area (Å²) in [6.07, 6.45) is 10.1. The molecule has 0 saturated heterocycles. The molecule has 1 aliphatic rings. The lowest BCUT2D eigenvalue weighted by atomic mass is 9.79. The largest absolute Gasteiger partial charge is 0.409 e. The van der Waals surface area contributed by atoms with Gasteiger partial charge in [-0.3, -0.25) is 0 Å². The predicted octanol–water partition coefficient (Wildman–Crippen LogP) is 3.12. The molecule has 1 saturated carbocycles. The van der Waals surface area contributed by atoms with E-state index in [1.807, 2.05) is 0 Å². The Labute approximate surface area is 92.7 Å². The number of hydrogen-bond acceptors (Lipinski definition) is 2. The molecule has 3 nitrogen and oxygen atoms in total. The highest BCUT2D eigenvalue weighted by molar-refractivity contribution is 5.82. The van der Waals surface area contributed by atoms with E-state index in [1.54, 1.807) is 0 Å². The Balaban J connectivity index is 2.18. The van der Waals surface area contributed by atoms with Crippen molar-refractivity contribution in [1.29, 1.82) is 0 Å². The van der Waals surface area contributed by atoms with Crippen molar-refractivity contribution >= 4 is 5.84 Å². The van der Waals surface area contributed by atoms with Gasteiger partial charge in [0.1, 0.15) is 5.84 Å². The molecular formula is C12H24N2O. The average Bonchev–Trinajstić information content (AvgIpc) is 2.29. The topological polar surface area (TPSA) is 58.6 Å². The Bertz CT molecular complexity index is 196. The Morgan fingerprint density at radius 1 is 1.27 bits per heavy atom. The molecule has 0 aromatic rings. The fraction of sp³-hybridized carbons (Fsp3) is 0.917. The number of rotatable bonds is 5. The van der Waals surface area contributed by atoms with E-state index in [-0.39, 0.29) is 0 Å². The molecule has 3 N–H and O–H groups in total. The van der Waals surface area contributed by atoms with Crippen molar-refractivity contribution in [2.45, 2.75) is 58.3 Å². The molecule has 0 aliphatic heterocycles. The van der Waals surface area contributed by atoms with Crippen LogP contribution in [0.2, 0.25) is 0 Å². The highest BCUT2D eigenvalue weighted by Gasteiger charge is 2.23. The lowest BCUT2D eigenvalue weighted by Crippen LogP contribution is -2.28. The molecule has 0 amide bonds. The monoisotopic (exact) mass is 212 g/mol. The average molecular weight is 212 g/mol. The first kappa shape index (κ1) is 12.3. The molecule has 0 heterocycles. The van der Waals surface area contributed by atoms with Crippen molar-refractivity contribution in [2.75, 3.05) is 0 Å². The molecule has 0 aromatic heterocycles. The van der Waals surface area contributed by atoms with Crippen molar-refractivity contribution in [1.82, 2.24) is 0 Å². The third-order valence-electron chi connectivity index (χ3n) is 3.60. The van der Waals surface area contributed by atoms with E-state index in [4.69, 9.17) is 10.9 Å². The molecule has 1 fully saturated rings. The predicted molar refractivity (Wildman–Crippen MR) is 63.0 cm³/mol. The van der Waals surface area contributed by atoms with Crippen LogP contribution in [0.4, 0.5) is 0 Å². The van der Waals surface area contributed by atoms with Gasteiger partial charge in [0, 0.05) is 5.92 Å². The van der Waals surface area contributed by atoms with E-state index in [0.717, 1.165) is 18.8 Å². The molecule has 0 unspecified atom stereocenters. The lowest BCUT2D eigenvalue weighted by molar-refractivity contribution is 0.281. The molecule has 15 heavy (non-hydrogen) atoms. The summed E-state index contributed by atoms with van der Waals surface area (Å²) in [5, 5.41) is 11.7. The van der Waals surface area contributed by atoms with Gasteiger partial charge in [0.25, 0.3) is 0 Å². The van der Waals surface area contributed by atoms with Gasteiger partial charge in [0.05, 0.1) is 0 Å². The Hall–Kier alpha value is -0.730. The van der Waals surface area contributed by atoms with Gasteiger partial charge in [0.15, 0.2) is 0 Å². The lowest BCUT2D eigenvalue weighted by Gasteiger charge is -2.27. The van der Waals surface area contributed by atoms with Gasteiger partial charge in [-0.1, -0.05) is 37.8 Å². The number of nitrogens with two attached hydrogens (primary N) is 1. The molecule has 0 aromatic carbocycles. The highest BCUT2D eigenvalue weighted by Crippen LogP contribution is 2.31. The molecule has 0 spiro atoms. The molecule has 3 heteroatoms. The van der Waals surface area contributed by atoms with Gasteiger partial charge < -0.3 is 10.9 Å². The van der Waals surface area contributed by atoms with E-state index in [9.17, 15) is 0 Å². The molecule has 0 radical (unpaired) electrons. The summed E-state index contributed by atoms with van der Waals surface area (Å²) in [6, 6.07) is 0. The summed E-state index contributed by atoms with van der Waals surface area (Å²) < 4.78 is 0. The minimum atomic E-state index is 0.331. The van der Waals surface area contributed by atoms with Crippen LogP contribution in [0, 0.1) is 11.8 Å². The van der Waals surface area contributed by atoms with Gasteiger partial charge >= 0.3 is 0 Å². The molecule has 0 bridgehead atoms. The van der Waals surface area contributed by atoms with E-state index in [1.165, 1.54) is 38.5 Å². The van der Waals surface area contributed by atoms with Crippen LogP contribution in [0.25, 0.3) is 0 Å². The minimum absolute atomic E-state index is 0.331. The van der Waals surface area contributed by atoms with Crippen LogP contribution >= 0.6 is 0 Å². The third-order valence-corrected chi connectivity index (χ3v) is 3.60. The van der Waals surface area contributed by atoms with Crippen molar-refractivity contribution in [3.8, 4) is 0 Å². The number of unbranched alkanes of at least 4 members (excludes halogenated alkanes) is 2. The van der Waals surface area contributed by atoms with E-state index in [2.05, 4.69) is 12.1 Å². The second-order valence-electron chi connectivity index (χ2n) is 4.74. The first-order valence-corrected chi connectivity index (χ1v) is 6.25. The molecule has 1 rings (SSSR count). The summed E-state index contributed by atoms with van der Waals surface area (Å²) in [4.78, 5) is 0. The van der Waals surface area contributed by atoms with Gasteiger partial charge in [-0.15, -0.1) is 0 Å². The van der Waals surface area contributed by atoms with Crippen LogP contribution in [-0.2, 0) is 0 Å². The maximum Gasteiger partial charge on any atom is 0.142 e. The quantitative estimate of drug-likeness (QED) is 0.242. The zero-order valence-corrected chi connectivity index (χ0v) is 9.78. The van der Waals surface area contributed by atoms with Gasteiger partial charge in [-0.2, -0.15) is 0 Å². The van der Waals surface area contributed by atoms with Crippen molar-refractivity contribution in [3.63, 3.8) is 0 Å². The minimum Gasteiger partial charge on any atom is -0.409 e. The number of nitrogens with zero attached hydrogens (tertiary/aromatic N) is 1. The van der Waals surface area contributed by atoms with Crippen LogP contribution in [0.3, 0.4) is 0 Å². The SMILES string of the molecule is CCCCC[C@H]1CC[C@@H](/C(N)=N/O)CC1. The third kappa shape index (κ3) is 4.10.